The van der Waals surface area contributed by atoms with E-state index in [1.807, 2.05) is 0 Å². The van der Waals surface area contributed by atoms with Crippen molar-refractivity contribution in [1.29, 1.82) is 0 Å². The van der Waals surface area contributed by atoms with Gasteiger partial charge in [-0.05, 0) is 0 Å². The molecule has 0 saturated heterocycles. The third-order valence-electron chi connectivity index (χ3n) is 0. The Morgan fingerprint density at radius 2 is 0.450 bits per heavy atom. The van der Waals surface area contributed by atoms with Crippen molar-refractivity contribution in [3.05, 3.63) is 46.0 Å². The standard InChI is InChI=1S/Mg.3NO3.Na.6H2O/c;3*2-1(3)4;;;;;;;/h;;;;;6*1H2/q+2;3*-1;+1;;;;;;. The molecule has 0 aromatic rings. The van der Waals surface area contributed by atoms with Crippen LogP contribution in [-0.4, -0.2) is 71.2 Å². The number of hydrogen-bond acceptors (Lipinski definition) is 9. The fourth-order valence-corrected chi connectivity index (χ4v) is 0. The maximum atomic E-state index is 8.25. The van der Waals surface area contributed by atoms with Crippen LogP contribution in [0, 0.1) is 46.0 Å². The average molecular weight is 341 g/mol. The van der Waals surface area contributed by atoms with Gasteiger partial charge in [0.2, 0.25) is 0 Å². The Balaban J connectivity index is -0.00000000562. The summed E-state index contributed by atoms with van der Waals surface area (Å²) in [6, 6.07) is 0. The molecule has 0 saturated carbocycles. The minimum Gasteiger partial charge on any atom is -0.412 e. The van der Waals surface area contributed by atoms with Crippen molar-refractivity contribution < 1.29 is 77.7 Å². The molecular weight excluding hydrogens is 329 g/mol. The van der Waals surface area contributed by atoms with Crippen molar-refractivity contribution in [1.82, 2.24) is 0 Å². The van der Waals surface area contributed by atoms with Gasteiger partial charge in [0.05, 0.1) is 15.3 Å². The molecule has 18 nitrogen and oxygen atoms in total. The smallest absolute Gasteiger partial charge is 0.412 e. The maximum Gasteiger partial charge on any atom is 2.00 e. The molecule has 0 amide bonds. The number of nitrogens with zero attached hydrogens (tertiary/aromatic N) is 3. The quantitative estimate of drug-likeness (QED) is 0.228. The van der Waals surface area contributed by atoms with Crippen LogP contribution in [-0.2, 0) is 0 Å². The van der Waals surface area contributed by atoms with Crippen molar-refractivity contribution in [3.63, 3.8) is 0 Å². The van der Waals surface area contributed by atoms with Crippen molar-refractivity contribution in [2.24, 2.45) is 0 Å². The van der Waals surface area contributed by atoms with Gasteiger partial charge in [-0.2, -0.15) is 0 Å². The Hall–Kier alpha value is -0.874. The fraction of sp³-hybridized carbons (Fsp3) is 0. The predicted octanol–water partition coefficient (Wildman–Crippen LogP) is -9.04. The van der Waals surface area contributed by atoms with Crippen LogP contribution >= 0.6 is 0 Å². The Morgan fingerprint density at radius 1 is 0.450 bits per heavy atom. The molecule has 0 bridgehead atoms. The van der Waals surface area contributed by atoms with Gasteiger partial charge in [0, 0.05) is 0 Å². The van der Waals surface area contributed by atoms with Gasteiger partial charge in [0.15, 0.2) is 0 Å². The van der Waals surface area contributed by atoms with E-state index in [4.69, 9.17) is 46.0 Å². The first-order valence-electron chi connectivity index (χ1n) is 1.64. The van der Waals surface area contributed by atoms with Gasteiger partial charge in [-0.15, -0.1) is 0 Å². The van der Waals surface area contributed by atoms with Crippen LogP contribution < -0.4 is 29.6 Å². The van der Waals surface area contributed by atoms with E-state index in [1.54, 1.807) is 0 Å². The fourth-order valence-electron chi connectivity index (χ4n) is 0. The summed E-state index contributed by atoms with van der Waals surface area (Å²) in [5, 5.41) is 44.2. The molecule has 0 aromatic carbocycles. The third-order valence-corrected chi connectivity index (χ3v) is 0. The first-order chi connectivity index (χ1) is 5.20. The van der Waals surface area contributed by atoms with Crippen LogP contribution in [0.4, 0.5) is 0 Å². The summed E-state index contributed by atoms with van der Waals surface area (Å²) >= 11 is 0. The zero-order chi connectivity index (χ0) is 10.7. The second kappa shape index (κ2) is 80.5. The first kappa shape index (κ1) is 95.2. The van der Waals surface area contributed by atoms with Crippen LogP contribution in [0.15, 0.2) is 0 Å². The van der Waals surface area contributed by atoms with Crippen LogP contribution in [0.25, 0.3) is 0 Å². The minimum absolute atomic E-state index is 0. The third kappa shape index (κ3) is 5830. The van der Waals surface area contributed by atoms with Crippen LogP contribution in [0.5, 0.6) is 0 Å². The molecule has 0 aromatic heterocycles. The largest absolute Gasteiger partial charge is 2.00 e. The molecule has 20 heavy (non-hydrogen) atoms. The molecular formula is H12MgN3NaO15. The molecule has 12 N–H and O–H groups in total. The van der Waals surface area contributed by atoms with Gasteiger partial charge < -0.3 is 78.8 Å². The first-order valence-corrected chi connectivity index (χ1v) is 1.64. The second-order valence-corrected chi connectivity index (χ2v) is 0.671. The normalized spacial score (nSPS) is 3.60. The molecule has 0 rings (SSSR count). The average Bonchev–Trinajstić information content (AvgIpc) is 1.54. The molecule has 0 unspecified atom stereocenters. The summed E-state index contributed by atoms with van der Waals surface area (Å²) in [6.07, 6.45) is 0. The van der Waals surface area contributed by atoms with Crippen LogP contribution in [0.3, 0.4) is 0 Å². The van der Waals surface area contributed by atoms with Crippen molar-refractivity contribution in [2.45, 2.75) is 0 Å². The summed E-state index contributed by atoms with van der Waals surface area (Å²) in [6.45, 7) is 0. The van der Waals surface area contributed by atoms with Gasteiger partial charge in [0.1, 0.15) is 0 Å². The maximum absolute atomic E-state index is 8.25. The molecule has 20 heteroatoms. The van der Waals surface area contributed by atoms with Gasteiger partial charge >= 0.3 is 52.6 Å². The topological polar surface area (TPSA) is 388 Å². The number of hydrogen-bond donors (Lipinski definition) is 0. The molecule has 0 radical (unpaired) electrons. The Morgan fingerprint density at radius 3 is 0.450 bits per heavy atom. The molecule has 0 aliphatic rings. The van der Waals surface area contributed by atoms with Gasteiger partial charge in [0.25, 0.3) is 0 Å². The minimum atomic E-state index is -1.75. The Kier molecular flexibility index (Phi) is 383. The van der Waals surface area contributed by atoms with Crippen LogP contribution in [0.1, 0.15) is 0 Å². The van der Waals surface area contributed by atoms with Crippen molar-refractivity contribution in [2.75, 3.05) is 0 Å². The predicted molar refractivity (Wildman–Crippen MR) is 58.5 cm³/mol. The molecule has 0 fully saturated rings. The van der Waals surface area contributed by atoms with E-state index in [9.17, 15) is 0 Å². The molecule has 0 atom stereocenters. The van der Waals surface area contributed by atoms with Crippen LogP contribution in [0.2, 0.25) is 0 Å². The molecule has 120 valence electrons. The molecule has 0 heterocycles. The Bertz CT molecular complexity index is 121. The zero-order valence-electron chi connectivity index (χ0n) is 9.72. The molecule has 0 aliphatic carbocycles. The summed E-state index contributed by atoms with van der Waals surface area (Å²) in [5.41, 5.74) is 0. The van der Waals surface area contributed by atoms with Crippen molar-refractivity contribution in [3.8, 4) is 0 Å². The van der Waals surface area contributed by atoms with E-state index in [0.29, 0.717) is 0 Å². The van der Waals surface area contributed by atoms with E-state index in [1.165, 1.54) is 0 Å². The van der Waals surface area contributed by atoms with E-state index in [-0.39, 0.29) is 85.5 Å². The zero-order valence-corrected chi connectivity index (χ0v) is 13.1. The van der Waals surface area contributed by atoms with E-state index in [2.05, 4.69) is 0 Å². The number of rotatable bonds is 0. The van der Waals surface area contributed by atoms with Crippen molar-refractivity contribution >= 4 is 23.1 Å². The van der Waals surface area contributed by atoms with E-state index < -0.39 is 15.3 Å². The summed E-state index contributed by atoms with van der Waals surface area (Å²) in [4.78, 5) is 24.8. The van der Waals surface area contributed by atoms with E-state index >= 15 is 0 Å². The SMILES string of the molecule is O.O.O.O.O.O.O=[N+]([O-])[O-].O=[N+]([O-])[O-].O=[N+]([O-])[O-].[Mg+2].[Na+]. The molecule has 0 aliphatic heterocycles. The molecule has 0 spiro atoms. The summed E-state index contributed by atoms with van der Waals surface area (Å²) in [7, 11) is 0. The van der Waals surface area contributed by atoms with E-state index in [0.717, 1.165) is 0 Å². The Labute approximate surface area is 146 Å². The van der Waals surface area contributed by atoms with Gasteiger partial charge in [-0.1, -0.05) is 0 Å². The van der Waals surface area contributed by atoms with Gasteiger partial charge in [-0.3, -0.25) is 0 Å². The van der Waals surface area contributed by atoms with Gasteiger partial charge in [-0.25, -0.2) is 0 Å². The summed E-state index contributed by atoms with van der Waals surface area (Å²) in [5.74, 6) is 0. The summed E-state index contributed by atoms with van der Waals surface area (Å²) < 4.78 is 0. The second-order valence-electron chi connectivity index (χ2n) is 0.671. The monoisotopic (exact) mass is 341 g/mol.